The van der Waals surface area contributed by atoms with Crippen molar-refractivity contribution < 1.29 is 9.13 Å². The van der Waals surface area contributed by atoms with E-state index in [4.69, 9.17) is 4.74 Å². The Morgan fingerprint density at radius 3 is 2.60 bits per heavy atom. The molecule has 2 aromatic carbocycles. The van der Waals surface area contributed by atoms with E-state index in [0.29, 0.717) is 18.1 Å². The third kappa shape index (κ3) is 6.53. The number of ether oxygens (including phenoxy) is 1. The Labute approximate surface area is 165 Å². The summed E-state index contributed by atoms with van der Waals surface area (Å²) >= 11 is 0. The Kier molecular flexibility index (Phi) is 9.26. The molecule has 6 heteroatoms. The summed E-state index contributed by atoms with van der Waals surface area (Å²) in [4.78, 5) is 4.21. The number of methoxy groups -OCH3 is 1. The van der Waals surface area contributed by atoms with Gasteiger partial charge < -0.3 is 15.4 Å². The monoisotopic (exact) mass is 457 g/mol. The van der Waals surface area contributed by atoms with Crippen LogP contribution < -0.4 is 15.4 Å². The number of benzene rings is 2. The number of aliphatic imine (C=N–C) groups is 1. The summed E-state index contributed by atoms with van der Waals surface area (Å²) in [6.07, 6.45) is 0.834. The second-order valence-electron chi connectivity index (χ2n) is 5.50. The van der Waals surface area contributed by atoms with E-state index >= 15 is 0 Å². The lowest BCUT2D eigenvalue weighted by atomic mass is 10.1. The van der Waals surface area contributed by atoms with Crippen LogP contribution in [0.2, 0.25) is 0 Å². The molecule has 0 bridgehead atoms. The first-order valence-electron chi connectivity index (χ1n) is 7.95. The van der Waals surface area contributed by atoms with E-state index in [2.05, 4.69) is 21.7 Å². The molecule has 0 unspecified atom stereocenters. The molecule has 136 valence electrons. The lowest BCUT2D eigenvalue weighted by molar-refractivity contribution is 0.409. The number of rotatable bonds is 6. The first-order chi connectivity index (χ1) is 11.6. The van der Waals surface area contributed by atoms with Crippen molar-refractivity contribution in [2.75, 3.05) is 20.7 Å². The molecular formula is C19H25FIN3O. The fourth-order valence-electron chi connectivity index (χ4n) is 2.45. The van der Waals surface area contributed by atoms with Crippen LogP contribution >= 0.6 is 24.0 Å². The summed E-state index contributed by atoms with van der Waals surface area (Å²) in [7, 11) is 3.41. The van der Waals surface area contributed by atoms with E-state index in [-0.39, 0.29) is 29.8 Å². The first kappa shape index (κ1) is 21.2. The topological polar surface area (TPSA) is 45.7 Å². The van der Waals surface area contributed by atoms with Gasteiger partial charge in [0.15, 0.2) is 5.96 Å². The summed E-state index contributed by atoms with van der Waals surface area (Å²) in [6.45, 7) is 3.09. The summed E-state index contributed by atoms with van der Waals surface area (Å²) in [5, 5.41) is 6.51. The van der Waals surface area contributed by atoms with Gasteiger partial charge in [-0.1, -0.05) is 30.3 Å². The number of guanidine groups is 1. The lowest BCUT2D eigenvalue weighted by Crippen LogP contribution is -2.37. The Hall–Kier alpha value is -1.83. The van der Waals surface area contributed by atoms with Gasteiger partial charge in [0.25, 0.3) is 0 Å². The van der Waals surface area contributed by atoms with E-state index in [1.165, 1.54) is 6.07 Å². The molecule has 0 heterocycles. The van der Waals surface area contributed by atoms with E-state index < -0.39 is 0 Å². The van der Waals surface area contributed by atoms with E-state index in [9.17, 15) is 4.39 Å². The number of nitrogens with zero attached hydrogens (tertiary/aromatic N) is 1. The molecule has 0 atom stereocenters. The molecule has 0 amide bonds. The average molecular weight is 457 g/mol. The number of para-hydroxylation sites is 1. The molecular weight excluding hydrogens is 432 g/mol. The molecule has 0 aliphatic carbocycles. The van der Waals surface area contributed by atoms with Crippen molar-refractivity contribution in [1.29, 1.82) is 0 Å². The molecule has 4 nitrogen and oxygen atoms in total. The van der Waals surface area contributed by atoms with Gasteiger partial charge in [-0.05, 0) is 42.2 Å². The lowest BCUT2D eigenvalue weighted by Gasteiger charge is -2.13. The van der Waals surface area contributed by atoms with Gasteiger partial charge in [-0.25, -0.2) is 4.39 Å². The Bertz CT molecular complexity index is 707. The maximum absolute atomic E-state index is 13.3. The predicted molar refractivity (Wildman–Crippen MR) is 111 cm³/mol. The Morgan fingerprint density at radius 2 is 1.92 bits per heavy atom. The highest BCUT2D eigenvalue weighted by Crippen LogP contribution is 2.17. The largest absolute Gasteiger partial charge is 0.496 e. The molecule has 0 saturated carbocycles. The highest BCUT2D eigenvalue weighted by molar-refractivity contribution is 14.0. The maximum atomic E-state index is 13.3. The average Bonchev–Trinajstić information content (AvgIpc) is 2.61. The number of aryl methyl sites for hydroxylation is 1. The molecule has 0 aliphatic heterocycles. The van der Waals surface area contributed by atoms with Crippen molar-refractivity contribution in [2.24, 2.45) is 4.99 Å². The van der Waals surface area contributed by atoms with Crippen LogP contribution in [0.3, 0.4) is 0 Å². The minimum absolute atomic E-state index is 0. The van der Waals surface area contributed by atoms with Crippen LogP contribution in [0.15, 0.2) is 47.5 Å². The smallest absolute Gasteiger partial charge is 0.191 e. The SMILES string of the molecule is CN=C(NCCc1ccccc1OC)NCc1ccc(F)c(C)c1.I. The van der Waals surface area contributed by atoms with Crippen molar-refractivity contribution in [3.8, 4) is 5.75 Å². The van der Waals surface area contributed by atoms with E-state index in [0.717, 1.165) is 29.8 Å². The van der Waals surface area contributed by atoms with Crippen LogP contribution in [0, 0.1) is 12.7 Å². The third-order valence-electron chi connectivity index (χ3n) is 3.79. The quantitative estimate of drug-likeness (QED) is 0.396. The van der Waals surface area contributed by atoms with Crippen molar-refractivity contribution in [1.82, 2.24) is 10.6 Å². The highest BCUT2D eigenvalue weighted by Gasteiger charge is 2.04. The zero-order valence-electron chi connectivity index (χ0n) is 14.8. The van der Waals surface area contributed by atoms with Crippen LogP contribution in [0.1, 0.15) is 16.7 Å². The zero-order valence-corrected chi connectivity index (χ0v) is 17.1. The second-order valence-corrected chi connectivity index (χ2v) is 5.50. The minimum atomic E-state index is -0.182. The number of hydrogen-bond donors (Lipinski definition) is 2. The van der Waals surface area contributed by atoms with Crippen LogP contribution in [0.4, 0.5) is 4.39 Å². The van der Waals surface area contributed by atoms with Crippen molar-refractivity contribution >= 4 is 29.9 Å². The first-order valence-corrected chi connectivity index (χ1v) is 7.95. The maximum Gasteiger partial charge on any atom is 0.191 e. The van der Waals surface area contributed by atoms with E-state index in [1.54, 1.807) is 27.1 Å². The van der Waals surface area contributed by atoms with Crippen molar-refractivity contribution in [2.45, 2.75) is 19.9 Å². The van der Waals surface area contributed by atoms with Crippen molar-refractivity contribution in [3.63, 3.8) is 0 Å². The van der Waals surface area contributed by atoms with E-state index in [1.807, 2.05) is 24.3 Å². The van der Waals surface area contributed by atoms with Crippen LogP contribution in [-0.4, -0.2) is 26.7 Å². The van der Waals surface area contributed by atoms with Crippen LogP contribution in [0.5, 0.6) is 5.75 Å². The molecule has 2 aromatic rings. The van der Waals surface area contributed by atoms with Gasteiger partial charge in [0, 0.05) is 20.1 Å². The standard InChI is InChI=1S/C19H24FN3O.HI/c1-14-12-15(8-9-17(14)20)13-23-19(21-2)22-11-10-16-6-4-5-7-18(16)24-3;/h4-9,12H,10-11,13H2,1-3H3,(H2,21,22,23);1H. The normalized spacial score (nSPS) is 10.8. The number of hydrogen-bond acceptors (Lipinski definition) is 2. The minimum Gasteiger partial charge on any atom is -0.496 e. The van der Waals surface area contributed by atoms with Crippen LogP contribution in [0.25, 0.3) is 0 Å². The second kappa shape index (κ2) is 10.9. The molecule has 25 heavy (non-hydrogen) atoms. The van der Waals surface area contributed by atoms with Crippen LogP contribution in [-0.2, 0) is 13.0 Å². The molecule has 0 fully saturated rings. The number of nitrogens with one attached hydrogen (secondary N) is 2. The van der Waals surface area contributed by atoms with Gasteiger partial charge in [0.05, 0.1) is 7.11 Å². The molecule has 0 aromatic heterocycles. The Morgan fingerprint density at radius 1 is 1.16 bits per heavy atom. The third-order valence-corrected chi connectivity index (χ3v) is 3.79. The van der Waals surface area contributed by atoms with Gasteiger partial charge in [-0.15, -0.1) is 24.0 Å². The van der Waals surface area contributed by atoms with Crippen molar-refractivity contribution in [3.05, 3.63) is 65.0 Å². The summed E-state index contributed by atoms with van der Waals surface area (Å²) in [6, 6.07) is 13.1. The fraction of sp³-hybridized carbons (Fsp3) is 0.316. The highest BCUT2D eigenvalue weighted by atomic mass is 127. The molecule has 0 spiro atoms. The fourth-order valence-corrected chi connectivity index (χ4v) is 2.45. The predicted octanol–water partition coefficient (Wildman–Crippen LogP) is 3.67. The van der Waals surface area contributed by atoms with Gasteiger partial charge in [0.1, 0.15) is 11.6 Å². The molecule has 2 N–H and O–H groups in total. The number of halogens is 2. The summed E-state index contributed by atoms with van der Waals surface area (Å²) in [5.74, 6) is 1.42. The summed E-state index contributed by atoms with van der Waals surface area (Å²) in [5.41, 5.74) is 2.81. The Balaban J connectivity index is 0.00000312. The van der Waals surface area contributed by atoms with Gasteiger partial charge in [-0.2, -0.15) is 0 Å². The zero-order chi connectivity index (χ0) is 17.4. The summed E-state index contributed by atoms with van der Waals surface area (Å²) < 4.78 is 18.6. The molecule has 0 radical (unpaired) electrons. The van der Waals surface area contributed by atoms with Gasteiger partial charge in [0.2, 0.25) is 0 Å². The molecule has 2 rings (SSSR count). The van der Waals surface area contributed by atoms with Gasteiger partial charge >= 0.3 is 0 Å². The molecule has 0 saturated heterocycles. The van der Waals surface area contributed by atoms with Gasteiger partial charge in [-0.3, -0.25) is 4.99 Å². The molecule has 0 aliphatic rings.